The summed E-state index contributed by atoms with van der Waals surface area (Å²) in [5.41, 5.74) is 0. The first-order valence-corrected chi connectivity index (χ1v) is 3.78. The van der Waals surface area contributed by atoms with Gasteiger partial charge in [-0.3, -0.25) is 4.68 Å². The molecule has 0 bridgehead atoms. The number of aryl methyl sites for hydroxylation is 1. The molecule has 12 heavy (non-hydrogen) atoms. The predicted molar refractivity (Wildman–Crippen MR) is 44.3 cm³/mol. The van der Waals surface area contributed by atoms with E-state index in [1.165, 1.54) is 0 Å². The number of hydrogen-bond donors (Lipinski definition) is 1. The molecule has 1 heterocycles. The van der Waals surface area contributed by atoms with E-state index in [2.05, 4.69) is 10.1 Å². The zero-order valence-corrected chi connectivity index (χ0v) is 7.65. The fourth-order valence-electron chi connectivity index (χ4n) is 0.962. The highest BCUT2D eigenvalue weighted by molar-refractivity contribution is 4.90. The zero-order valence-electron chi connectivity index (χ0n) is 7.65. The molecule has 0 saturated carbocycles. The maximum absolute atomic E-state index is 8.76. The van der Waals surface area contributed by atoms with Gasteiger partial charge in [-0.15, -0.1) is 0 Å². The van der Waals surface area contributed by atoms with Crippen LogP contribution in [-0.4, -0.2) is 38.9 Å². The fourth-order valence-corrected chi connectivity index (χ4v) is 0.962. The van der Waals surface area contributed by atoms with E-state index in [0.717, 1.165) is 12.4 Å². The van der Waals surface area contributed by atoms with Gasteiger partial charge in [-0.1, -0.05) is 0 Å². The average molecular weight is 170 g/mol. The first-order chi connectivity index (χ1) is 5.63. The molecule has 0 fully saturated rings. The molecule has 68 valence electrons. The Morgan fingerprint density at radius 1 is 1.50 bits per heavy atom. The molecule has 0 spiro atoms. The van der Waals surface area contributed by atoms with Crippen molar-refractivity contribution in [3.63, 3.8) is 0 Å². The molecular weight excluding hydrogens is 156 g/mol. The highest BCUT2D eigenvalue weighted by atomic mass is 16.3. The van der Waals surface area contributed by atoms with Crippen molar-refractivity contribution in [3.05, 3.63) is 11.6 Å². The number of aliphatic hydroxyl groups excluding tert-OH is 1. The molecule has 0 saturated heterocycles. The van der Waals surface area contributed by atoms with Gasteiger partial charge in [0.05, 0.1) is 6.54 Å². The Morgan fingerprint density at radius 3 is 2.58 bits per heavy atom. The largest absolute Gasteiger partial charge is 0.388 e. The van der Waals surface area contributed by atoms with Crippen molar-refractivity contribution in [2.24, 2.45) is 7.05 Å². The molecule has 0 amide bonds. The van der Waals surface area contributed by atoms with Gasteiger partial charge < -0.3 is 10.0 Å². The minimum atomic E-state index is -0.0960. The topological polar surface area (TPSA) is 54.2 Å². The summed E-state index contributed by atoms with van der Waals surface area (Å²) in [7, 11) is 5.76. The average Bonchev–Trinajstić information content (AvgIpc) is 2.31. The molecule has 0 atom stereocenters. The lowest BCUT2D eigenvalue weighted by molar-refractivity contribution is 0.271. The van der Waals surface area contributed by atoms with E-state index in [9.17, 15) is 0 Å². The summed E-state index contributed by atoms with van der Waals surface area (Å²) in [5, 5.41) is 12.8. The van der Waals surface area contributed by atoms with E-state index in [1.807, 2.05) is 26.0 Å². The Bertz CT molecular complexity index is 256. The highest BCUT2D eigenvalue weighted by Crippen LogP contribution is 1.98. The standard InChI is InChI=1S/C7H14N4O/c1-10(2)4-7-8-6(5-12)9-11(7)3/h12H,4-5H2,1-3H3. The molecule has 0 aliphatic carbocycles. The van der Waals surface area contributed by atoms with Gasteiger partial charge in [-0.25, -0.2) is 4.98 Å². The first kappa shape index (κ1) is 9.15. The van der Waals surface area contributed by atoms with Crippen LogP contribution in [0.25, 0.3) is 0 Å². The number of aliphatic hydroxyl groups is 1. The Labute approximate surface area is 71.6 Å². The van der Waals surface area contributed by atoms with E-state index in [-0.39, 0.29) is 6.61 Å². The Kier molecular flexibility index (Phi) is 2.78. The zero-order chi connectivity index (χ0) is 9.14. The molecule has 0 unspecified atom stereocenters. The van der Waals surface area contributed by atoms with E-state index in [4.69, 9.17) is 5.11 Å². The summed E-state index contributed by atoms with van der Waals surface area (Å²) < 4.78 is 1.69. The summed E-state index contributed by atoms with van der Waals surface area (Å²) in [4.78, 5) is 6.13. The Balaban J connectivity index is 2.77. The maximum atomic E-state index is 8.76. The molecule has 1 rings (SSSR count). The van der Waals surface area contributed by atoms with Gasteiger partial charge >= 0.3 is 0 Å². The van der Waals surface area contributed by atoms with Crippen molar-refractivity contribution >= 4 is 0 Å². The molecule has 1 N–H and O–H groups in total. The van der Waals surface area contributed by atoms with Crippen LogP contribution in [0.4, 0.5) is 0 Å². The summed E-state index contributed by atoms with van der Waals surface area (Å²) in [6, 6.07) is 0. The molecule has 0 aliphatic heterocycles. The third kappa shape index (κ3) is 2.02. The number of aromatic nitrogens is 3. The van der Waals surface area contributed by atoms with Crippen molar-refractivity contribution in [3.8, 4) is 0 Å². The number of hydrogen-bond acceptors (Lipinski definition) is 4. The van der Waals surface area contributed by atoms with Crippen LogP contribution in [0.3, 0.4) is 0 Å². The second kappa shape index (κ2) is 3.64. The SMILES string of the molecule is CN(C)Cc1nc(CO)nn1C. The normalized spacial score (nSPS) is 11.1. The number of nitrogens with zero attached hydrogens (tertiary/aromatic N) is 4. The molecule has 1 aromatic heterocycles. The van der Waals surface area contributed by atoms with Crippen LogP contribution < -0.4 is 0 Å². The van der Waals surface area contributed by atoms with E-state index in [0.29, 0.717) is 5.82 Å². The molecule has 0 aromatic carbocycles. The Morgan fingerprint density at radius 2 is 2.17 bits per heavy atom. The summed E-state index contributed by atoms with van der Waals surface area (Å²) in [6.45, 7) is 0.644. The van der Waals surface area contributed by atoms with Crippen molar-refractivity contribution in [1.29, 1.82) is 0 Å². The van der Waals surface area contributed by atoms with E-state index < -0.39 is 0 Å². The van der Waals surface area contributed by atoms with Gasteiger partial charge in [0.2, 0.25) is 0 Å². The molecule has 1 aromatic rings. The van der Waals surface area contributed by atoms with E-state index in [1.54, 1.807) is 4.68 Å². The van der Waals surface area contributed by atoms with Crippen LogP contribution in [0.2, 0.25) is 0 Å². The van der Waals surface area contributed by atoms with Crippen LogP contribution >= 0.6 is 0 Å². The van der Waals surface area contributed by atoms with Gasteiger partial charge in [-0.2, -0.15) is 5.10 Å². The van der Waals surface area contributed by atoms with Crippen molar-refractivity contribution in [2.45, 2.75) is 13.2 Å². The van der Waals surface area contributed by atoms with Gasteiger partial charge in [0, 0.05) is 7.05 Å². The molecule has 0 aliphatic rings. The summed E-state index contributed by atoms with van der Waals surface area (Å²) in [5.74, 6) is 1.35. The molecule has 0 radical (unpaired) electrons. The van der Waals surface area contributed by atoms with E-state index >= 15 is 0 Å². The summed E-state index contributed by atoms with van der Waals surface area (Å²) in [6.07, 6.45) is 0. The molecule has 5 heteroatoms. The number of rotatable bonds is 3. The van der Waals surface area contributed by atoms with Gasteiger partial charge in [0.15, 0.2) is 5.82 Å². The lowest BCUT2D eigenvalue weighted by Crippen LogP contribution is -2.14. The van der Waals surface area contributed by atoms with Gasteiger partial charge in [0.25, 0.3) is 0 Å². The second-order valence-corrected chi connectivity index (χ2v) is 2.96. The van der Waals surface area contributed by atoms with Crippen LogP contribution in [0.1, 0.15) is 11.6 Å². The van der Waals surface area contributed by atoms with Crippen LogP contribution in [0, 0.1) is 0 Å². The summed E-state index contributed by atoms with van der Waals surface area (Å²) >= 11 is 0. The van der Waals surface area contributed by atoms with Crippen molar-refractivity contribution in [1.82, 2.24) is 19.7 Å². The lowest BCUT2D eigenvalue weighted by atomic mass is 10.5. The lowest BCUT2D eigenvalue weighted by Gasteiger charge is -2.06. The fraction of sp³-hybridized carbons (Fsp3) is 0.714. The van der Waals surface area contributed by atoms with Crippen molar-refractivity contribution < 1.29 is 5.11 Å². The van der Waals surface area contributed by atoms with Gasteiger partial charge in [0.1, 0.15) is 12.4 Å². The van der Waals surface area contributed by atoms with Crippen LogP contribution in [-0.2, 0) is 20.2 Å². The van der Waals surface area contributed by atoms with Crippen LogP contribution in [0.15, 0.2) is 0 Å². The highest BCUT2D eigenvalue weighted by Gasteiger charge is 2.05. The molecule has 5 nitrogen and oxygen atoms in total. The predicted octanol–water partition coefficient (Wildman–Crippen LogP) is -0.631. The second-order valence-electron chi connectivity index (χ2n) is 2.96. The molecular formula is C7H14N4O. The van der Waals surface area contributed by atoms with Gasteiger partial charge in [-0.05, 0) is 14.1 Å². The quantitative estimate of drug-likeness (QED) is 0.656. The monoisotopic (exact) mass is 170 g/mol. The van der Waals surface area contributed by atoms with Crippen LogP contribution in [0.5, 0.6) is 0 Å². The third-order valence-corrected chi connectivity index (χ3v) is 1.50. The Hall–Kier alpha value is -0.940. The third-order valence-electron chi connectivity index (χ3n) is 1.50. The maximum Gasteiger partial charge on any atom is 0.176 e. The first-order valence-electron chi connectivity index (χ1n) is 3.78. The minimum absolute atomic E-state index is 0.0960. The minimum Gasteiger partial charge on any atom is -0.388 e. The smallest absolute Gasteiger partial charge is 0.176 e. The van der Waals surface area contributed by atoms with Crippen molar-refractivity contribution in [2.75, 3.05) is 14.1 Å².